The summed E-state index contributed by atoms with van der Waals surface area (Å²) in [4.78, 5) is 13.1. The van der Waals surface area contributed by atoms with Gasteiger partial charge in [-0.2, -0.15) is 0 Å². The van der Waals surface area contributed by atoms with Crippen molar-refractivity contribution in [2.75, 3.05) is 5.32 Å². The second-order valence-corrected chi connectivity index (χ2v) is 6.73. The zero-order valence-corrected chi connectivity index (χ0v) is 15.0. The number of carbonyl (C=O) groups excluding carboxylic acids is 1. The predicted octanol–water partition coefficient (Wildman–Crippen LogP) is 5.48. The van der Waals surface area contributed by atoms with Crippen molar-refractivity contribution in [1.82, 2.24) is 0 Å². The fraction of sp³-hybridized carbons (Fsp3) is 0.125. The Labute approximate surface area is 154 Å². The normalized spacial score (nSPS) is 13.6. The van der Waals surface area contributed by atoms with E-state index in [0.717, 1.165) is 33.5 Å². The zero-order valence-electron chi connectivity index (χ0n) is 15.0. The average molecular weight is 339 g/mol. The van der Waals surface area contributed by atoms with Crippen LogP contribution < -0.4 is 5.32 Å². The molecule has 0 radical (unpaired) electrons. The molecule has 1 aliphatic rings. The molecular formula is C24H21NO. The summed E-state index contributed by atoms with van der Waals surface area (Å²) in [6, 6.07) is 26.4. The maximum absolute atomic E-state index is 13.1. The van der Waals surface area contributed by atoms with Crippen LogP contribution in [0.4, 0.5) is 5.69 Å². The van der Waals surface area contributed by atoms with Gasteiger partial charge in [-0.3, -0.25) is 4.79 Å². The van der Waals surface area contributed by atoms with Crippen LogP contribution in [0.2, 0.25) is 0 Å². The topological polar surface area (TPSA) is 29.1 Å². The lowest BCUT2D eigenvalue weighted by Crippen LogP contribution is -2.17. The Bertz CT molecular complexity index is 938. The van der Waals surface area contributed by atoms with E-state index in [9.17, 15) is 4.79 Å². The van der Waals surface area contributed by atoms with Gasteiger partial charge >= 0.3 is 0 Å². The summed E-state index contributed by atoms with van der Waals surface area (Å²) in [5.41, 5.74) is 7.67. The van der Waals surface area contributed by atoms with Gasteiger partial charge in [-0.15, -0.1) is 0 Å². The van der Waals surface area contributed by atoms with Crippen molar-refractivity contribution in [1.29, 1.82) is 0 Å². The third-order valence-electron chi connectivity index (χ3n) is 5.08. The molecule has 26 heavy (non-hydrogen) atoms. The Morgan fingerprint density at radius 1 is 0.731 bits per heavy atom. The number of rotatable bonds is 4. The van der Waals surface area contributed by atoms with Crippen molar-refractivity contribution in [3.63, 3.8) is 0 Å². The molecule has 1 amide bonds. The molecule has 128 valence electrons. The van der Waals surface area contributed by atoms with Crippen molar-refractivity contribution in [2.24, 2.45) is 5.92 Å². The monoisotopic (exact) mass is 339 g/mol. The number of amides is 1. The van der Waals surface area contributed by atoms with Gasteiger partial charge in [-0.05, 0) is 53.3 Å². The van der Waals surface area contributed by atoms with Gasteiger partial charge in [-0.25, -0.2) is 0 Å². The highest BCUT2D eigenvalue weighted by Crippen LogP contribution is 2.53. The molecule has 0 atom stereocenters. The second-order valence-electron chi connectivity index (χ2n) is 6.73. The molecule has 0 bridgehead atoms. The molecule has 0 heterocycles. The summed E-state index contributed by atoms with van der Waals surface area (Å²) >= 11 is 0. The van der Waals surface area contributed by atoms with Gasteiger partial charge in [0.05, 0.1) is 5.92 Å². The molecule has 4 rings (SSSR count). The maximum atomic E-state index is 13.1. The molecule has 0 saturated heterocycles. The van der Waals surface area contributed by atoms with Crippen molar-refractivity contribution in [3.8, 4) is 0 Å². The Hall–Kier alpha value is -3.13. The number of nitrogens with one attached hydrogen (secondary N) is 1. The molecule has 0 unspecified atom stereocenters. The number of aryl methyl sites for hydroxylation is 1. The highest BCUT2D eigenvalue weighted by molar-refractivity contribution is 6.26. The average Bonchev–Trinajstić information content (AvgIpc) is 3.43. The minimum Gasteiger partial charge on any atom is -0.325 e. The van der Waals surface area contributed by atoms with E-state index in [1.54, 1.807) is 0 Å². The molecule has 1 aliphatic carbocycles. The van der Waals surface area contributed by atoms with Crippen molar-refractivity contribution in [2.45, 2.75) is 13.8 Å². The fourth-order valence-electron chi connectivity index (χ4n) is 3.46. The Kier molecular flexibility index (Phi) is 4.18. The lowest BCUT2D eigenvalue weighted by atomic mass is 10.1. The van der Waals surface area contributed by atoms with Crippen LogP contribution in [-0.2, 0) is 4.79 Å². The summed E-state index contributed by atoms with van der Waals surface area (Å²) in [5.74, 6) is -0.156. The summed E-state index contributed by atoms with van der Waals surface area (Å²) in [7, 11) is 0. The van der Waals surface area contributed by atoms with Gasteiger partial charge in [0.1, 0.15) is 0 Å². The minimum atomic E-state index is -0.195. The minimum absolute atomic E-state index is 0.0383. The van der Waals surface area contributed by atoms with E-state index in [0.29, 0.717) is 0 Å². The van der Waals surface area contributed by atoms with Crippen LogP contribution in [0.15, 0.2) is 78.9 Å². The first-order valence-corrected chi connectivity index (χ1v) is 8.89. The van der Waals surface area contributed by atoms with Crippen LogP contribution in [-0.4, -0.2) is 5.91 Å². The molecule has 0 aromatic heterocycles. The molecule has 0 spiro atoms. The highest BCUT2D eigenvalue weighted by atomic mass is 16.2. The van der Waals surface area contributed by atoms with E-state index in [1.807, 2.05) is 55.5 Å². The highest BCUT2D eigenvalue weighted by Gasteiger charge is 2.43. The molecule has 3 aromatic rings. The number of benzene rings is 3. The first kappa shape index (κ1) is 16.3. The first-order chi connectivity index (χ1) is 12.7. The quantitative estimate of drug-likeness (QED) is 0.670. The molecule has 0 saturated carbocycles. The molecule has 0 fully saturated rings. The first-order valence-electron chi connectivity index (χ1n) is 8.89. The molecular weight excluding hydrogens is 318 g/mol. The standard InChI is InChI=1S/C24H21NO/c1-16-10-9-15-20(17(16)2)25-24(26)23-21(18-11-5-3-6-12-18)22(23)19-13-7-4-8-14-19/h3-15,23H,1-2H3,(H,25,26). The number of anilines is 1. The summed E-state index contributed by atoms with van der Waals surface area (Å²) < 4.78 is 0. The molecule has 3 aromatic carbocycles. The van der Waals surface area contributed by atoms with Crippen LogP contribution in [0.1, 0.15) is 22.3 Å². The second kappa shape index (κ2) is 6.64. The van der Waals surface area contributed by atoms with Crippen LogP contribution in [0.5, 0.6) is 0 Å². The van der Waals surface area contributed by atoms with Gasteiger partial charge in [0, 0.05) is 5.69 Å². The predicted molar refractivity (Wildman–Crippen MR) is 108 cm³/mol. The summed E-state index contributed by atoms with van der Waals surface area (Å²) in [5, 5.41) is 3.13. The smallest absolute Gasteiger partial charge is 0.236 e. The number of hydrogen-bond acceptors (Lipinski definition) is 1. The molecule has 1 N–H and O–H groups in total. The largest absolute Gasteiger partial charge is 0.325 e. The molecule has 0 aliphatic heterocycles. The van der Waals surface area contributed by atoms with E-state index in [2.05, 4.69) is 42.6 Å². The number of hydrogen-bond donors (Lipinski definition) is 1. The summed E-state index contributed by atoms with van der Waals surface area (Å²) in [6.45, 7) is 4.10. The van der Waals surface area contributed by atoms with Crippen molar-refractivity contribution in [3.05, 3.63) is 101 Å². The molecule has 2 heteroatoms. The van der Waals surface area contributed by atoms with E-state index in [-0.39, 0.29) is 11.8 Å². The van der Waals surface area contributed by atoms with E-state index in [1.165, 1.54) is 5.56 Å². The van der Waals surface area contributed by atoms with Gasteiger partial charge in [0.2, 0.25) is 5.91 Å². The number of carbonyl (C=O) groups is 1. The fourth-order valence-corrected chi connectivity index (χ4v) is 3.46. The van der Waals surface area contributed by atoms with E-state index < -0.39 is 0 Å². The van der Waals surface area contributed by atoms with Crippen LogP contribution in [0.3, 0.4) is 0 Å². The van der Waals surface area contributed by atoms with Crippen LogP contribution >= 0.6 is 0 Å². The Balaban J connectivity index is 1.66. The SMILES string of the molecule is Cc1cccc(NC(=O)C2C(c3ccccc3)=C2c2ccccc2)c1C. The van der Waals surface area contributed by atoms with E-state index in [4.69, 9.17) is 0 Å². The van der Waals surface area contributed by atoms with Gasteiger partial charge in [-0.1, -0.05) is 72.8 Å². The summed E-state index contributed by atoms with van der Waals surface area (Å²) in [6.07, 6.45) is 0. The zero-order chi connectivity index (χ0) is 18.1. The van der Waals surface area contributed by atoms with Crippen LogP contribution in [0.25, 0.3) is 11.1 Å². The lowest BCUT2D eigenvalue weighted by Gasteiger charge is -2.11. The third kappa shape index (κ3) is 2.95. The van der Waals surface area contributed by atoms with Crippen LogP contribution in [0, 0.1) is 19.8 Å². The molecule has 2 nitrogen and oxygen atoms in total. The van der Waals surface area contributed by atoms with Crippen molar-refractivity contribution < 1.29 is 4.79 Å². The van der Waals surface area contributed by atoms with Gasteiger partial charge < -0.3 is 5.32 Å². The third-order valence-corrected chi connectivity index (χ3v) is 5.08. The Morgan fingerprint density at radius 3 is 1.81 bits per heavy atom. The Morgan fingerprint density at radius 2 is 1.27 bits per heavy atom. The maximum Gasteiger partial charge on any atom is 0.236 e. The van der Waals surface area contributed by atoms with Gasteiger partial charge in [0.25, 0.3) is 0 Å². The van der Waals surface area contributed by atoms with Crippen molar-refractivity contribution >= 4 is 22.7 Å². The van der Waals surface area contributed by atoms with E-state index >= 15 is 0 Å². The van der Waals surface area contributed by atoms with Gasteiger partial charge in [0.15, 0.2) is 0 Å². The lowest BCUT2D eigenvalue weighted by molar-refractivity contribution is -0.116.